The molecule has 0 aliphatic carbocycles. The topological polar surface area (TPSA) is 63.8 Å². The molecule has 3 aromatic rings. The Bertz CT molecular complexity index is 1120. The second kappa shape index (κ2) is 8.80. The Morgan fingerprint density at radius 1 is 1.10 bits per heavy atom. The molecule has 0 aliphatic rings. The maximum Gasteiger partial charge on any atom is 0.336 e. The van der Waals surface area contributed by atoms with Crippen molar-refractivity contribution in [3.05, 3.63) is 74.1 Å². The van der Waals surface area contributed by atoms with Crippen molar-refractivity contribution in [3.8, 4) is 0 Å². The average molecular weight is 414 g/mol. The summed E-state index contributed by atoms with van der Waals surface area (Å²) >= 11 is 6.04. The molecule has 6 heteroatoms. The molecular formula is C23H26ClN2O3+. The number of fused-ring (bicyclic) bond motifs is 1. The van der Waals surface area contributed by atoms with Gasteiger partial charge in [-0.25, -0.2) is 4.79 Å². The molecule has 0 fully saturated rings. The highest BCUT2D eigenvalue weighted by Gasteiger charge is 2.18. The molecule has 0 bridgehead atoms. The van der Waals surface area contributed by atoms with Gasteiger partial charge in [-0.3, -0.25) is 4.79 Å². The second-order valence-corrected chi connectivity index (χ2v) is 7.88. The van der Waals surface area contributed by atoms with Gasteiger partial charge in [0.25, 0.3) is 5.91 Å². The van der Waals surface area contributed by atoms with E-state index in [0.29, 0.717) is 17.2 Å². The van der Waals surface area contributed by atoms with Crippen molar-refractivity contribution < 1.29 is 14.1 Å². The van der Waals surface area contributed by atoms with Crippen LogP contribution in [-0.2, 0) is 11.3 Å². The maximum absolute atomic E-state index is 12.6. The van der Waals surface area contributed by atoms with Gasteiger partial charge in [-0.1, -0.05) is 29.8 Å². The summed E-state index contributed by atoms with van der Waals surface area (Å²) < 4.78 is 5.46. The van der Waals surface area contributed by atoms with E-state index in [2.05, 4.69) is 5.32 Å². The van der Waals surface area contributed by atoms with Crippen LogP contribution in [0.15, 0.2) is 45.6 Å². The number of hydrogen-bond donors (Lipinski definition) is 2. The third kappa shape index (κ3) is 4.86. The number of amides is 1. The lowest BCUT2D eigenvalue weighted by molar-refractivity contribution is -0.903. The van der Waals surface area contributed by atoms with Crippen molar-refractivity contribution in [3.63, 3.8) is 0 Å². The van der Waals surface area contributed by atoms with Gasteiger partial charge in [0, 0.05) is 27.7 Å². The first-order valence-corrected chi connectivity index (χ1v) is 10.1. The number of halogens is 1. The van der Waals surface area contributed by atoms with Gasteiger partial charge in [0.05, 0.1) is 6.54 Å². The first-order chi connectivity index (χ1) is 13.8. The molecule has 1 aromatic heterocycles. The van der Waals surface area contributed by atoms with Gasteiger partial charge in [-0.2, -0.15) is 0 Å². The van der Waals surface area contributed by atoms with Crippen LogP contribution in [0.3, 0.4) is 0 Å². The quantitative estimate of drug-likeness (QED) is 0.608. The Balaban J connectivity index is 1.81. The predicted molar refractivity (Wildman–Crippen MR) is 117 cm³/mol. The van der Waals surface area contributed by atoms with E-state index in [1.807, 2.05) is 45.9 Å². The molecule has 1 atom stereocenters. The molecule has 5 nitrogen and oxygen atoms in total. The SMILES string of the molecule is CC[NH+](CC(=O)Nc1cc(Cl)ccc1C)Cc1cc(=O)oc2c(C)c(C)ccc12. The molecule has 152 valence electrons. The van der Waals surface area contributed by atoms with Gasteiger partial charge >= 0.3 is 5.63 Å². The van der Waals surface area contributed by atoms with E-state index in [1.165, 1.54) is 6.07 Å². The van der Waals surface area contributed by atoms with Crippen LogP contribution in [-0.4, -0.2) is 19.0 Å². The Morgan fingerprint density at radius 2 is 1.83 bits per heavy atom. The number of likely N-dealkylation sites (N-methyl/N-ethyl adjacent to an activating group) is 1. The zero-order valence-corrected chi connectivity index (χ0v) is 17.9. The number of anilines is 1. The Kier molecular flexibility index (Phi) is 6.40. The third-order valence-electron chi connectivity index (χ3n) is 5.34. The van der Waals surface area contributed by atoms with Gasteiger partial charge < -0.3 is 14.6 Å². The minimum absolute atomic E-state index is 0.0912. The number of hydrogen-bond acceptors (Lipinski definition) is 3. The molecule has 0 radical (unpaired) electrons. The highest BCUT2D eigenvalue weighted by Crippen LogP contribution is 2.23. The minimum atomic E-state index is -0.365. The van der Waals surface area contributed by atoms with Gasteiger partial charge in [-0.15, -0.1) is 0 Å². The largest absolute Gasteiger partial charge is 0.422 e. The van der Waals surface area contributed by atoms with Crippen molar-refractivity contribution in [2.45, 2.75) is 34.2 Å². The lowest BCUT2D eigenvalue weighted by atomic mass is 10.0. The molecule has 0 spiro atoms. The van der Waals surface area contributed by atoms with Crippen molar-refractivity contribution >= 4 is 34.2 Å². The first kappa shape index (κ1) is 21.1. The Labute approximate surface area is 175 Å². The number of nitrogens with one attached hydrogen (secondary N) is 2. The number of aryl methyl sites for hydroxylation is 3. The number of quaternary nitrogens is 1. The molecule has 2 N–H and O–H groups in total. The van der Waals surface area contributed by atoms with Crippen LogP contribution in [0.5, 0.6) is 0 Å². The smallest absolute Gasteiger partial charge is 0.336 e. The van der Waals surface area contributed by atoms with E-state index in [4.69, 9.17) is 16.0 Å². The predicted octanol–water partition coefficient (Wildman–Crippen LogP) is 3.42. The fourth-order valence-corrected chi connectivity index (χ4v) is 3.58. The van der Waals surface area contributed by atoms with E-state index in [0.717, 1.165) is 44.8 Å². The summed E-state index contributed by atoms with van der Waals surface area (Å²) in [4.78, 5) is 25.8. The molecule has 2 aromatic carbocycles. The number of benzene rings is 2. The summed E-state index contributed by atoms with van der Waals surface area (Å²) in [5.74, 6) is -0.0912. The number of carbonyl (C=O) groups excluding carboxylic acids is 1. The fraction of sp³-hybridized carbons (Fsp3) is 0.304. The summed E-state index contributed by atoms with van der Waals surface area (Å²) in [6.45, 7) is 9.49. The summed E-state index contributed by atoms with van der Waals surface area (Å²) in [7, 11) is 0. The van der Waals surface area contributed by atoms with Crippen molar-refractivity contribution in [1.29, 1.82) is 0 Å². The zero-order chi connectivity index (χ0) is 21.1. The molecule has 1 heterocycles. The van der Waals surface area contributed by atoms with E-state index in [9.17, 15) is 9.59 Å². The summed E-state index contributed by atoms with van der Waals surface area (Å²) in [5, 5.41) is 4.45. The van der Waals surface area contributed by atoms with Crippen LogP contribution in [0.4, 0.5) is 5.69 Å². The monoisotopic (exact) mass is 413 g/mol. The average Bonchev–Trinajstić information content (AvgIpc) is 2.67. The van der Waals surface area contributed by atoms with E-state index >= 15 is 0 Å². The van der Waals surface area contributed by atoms with E-state index < -0.39 is 0 Å². The zero-order valence-electron chi connectivity index (χ0n) is 17.2. The highest BCUT2D eigenvalue weighted by molar-refractivity contribution is 6.31. The van der Waals surface area contributed by atoms with E-state index in [-0.39, 0.29) is 18.1 Å². The molecule has 0 saturated heterocycles. The van der Waals surface area contributed by atoms with Gasteiger partial charge in [0.2, 0.25) is 0 Å². The van der Waals surface area contributed by atoms with Crippen LogP contribution in [0, 0.1) is 20.8 Å². The van der Waals surface area contributed by atoms with Gasteiger partial charge in [0.15, 0.2) is 6.54 Å². The third-order valence-corrected chi connectivity index (χ3v) is 5.58. The fourth-order valence-electron chi connectivity index (χ4n) is 3.40. The van der Waals surface area contributed by atoms with Crippen LogP contribution in [0.25, 0.3) is 11.0 Å². The Morgan fingerprint density at radius 3 is 2.55 bits per heavy atom. The summed E-state index contributed by atoms with van der Waals surface area (Å²) in [6.07, 6.45) is 0. The van der Waals surface area contributed by atoms with Crippen LogP contribution in [0.2, 0.25) is 5.02 Å². The van der Waals surface area contributed by atoms with Crippen LogP contribution in [0.1, 0.15) is 29.2 Å². The first-order valence-electron chi connectivity index (χ1n) is 9.71. The molecule has 0 aliphatic heterocycles. The normalized spacial score (nSPS) is 12.2. The number of rotatable bonds is 6. The van der Waals surface area contributed by atoms with Crippen LogP contribution >= 0.6 is 11.6 Å². The second-order valence-electron chi connectivity index (χ2n) is 7.44. The maximum atomic E-state index is 12.6. The van der Waals surface area contributed by atoms with E-state index in [1.54, 1.807) is 12.1 Å². The lowest BCUT2D eigenvalue weighted by Gasteiger charge is -2.19. The minimum Gasteiger partial charge on any atom is -0.422 e. The summed E-state index contributed by atoms with van der Waals surface area (Å²) in [5.41, 5.74) is 4.87. The molecule has 1 amide bonds. The van der Waals surface area contributed by atoms with Crippen molar-refractivity contribution in [1.82, 2.24) is 0 Å². The number of carbonyl (C=O) groups is 1. The van der Waals surface area contributed by atoms with Gasteiger partial charge in [0.1, 0.15) is 12.1 Å². The standard InChI is InChI=1S/C23H25ClN2O3/c1-5-26(13-21(27)25-20-11-18(24)8-6-15(20)3)12-17-10-22(28)29-23-16(4)14(2)7-9-19(17)23/h6-11H,5,12-13H2,1-4H3,(H,25,27)/p+1. The molecular weight excluding hydrogens is 388 g/mol. The van der Waals surface area contributed by atoms with Crippen molar-refractivity contribution in [2.75, 3.05) is 18.4 Å². The summed E-state index contributed by atoms with van der Waals surface area (Å²) in [6, 6.07) is 11.0. The van der Waals surface area contributed by atoms with Gasteiger partial charge in [-0.05, 0) is 56.5 Å². The molecule has 29 heavy (non-hydrogen) atoms. The molecule has 1 unspecified atom stereocenters. The van der Waals surface area contributed by atoms with Crippen molar-refractivity contribution in [2.24, 2.45) is 0 Å². The molecule has 3 rings (SSSR count). The highest BCUT2D eigenvalue weighted by atomic mass is 35.5. The van der Waals surface area contributed by atoms with Crippen LogP contribution < -0.4 is 15.8 Å². The molecule has 0 saturated carbocycles. The lowest BCUT2D eigenvalue weighted by Crippen LogP contribution is -3.11. The Hall–Kier alpha value is -2.63.